The van der Waals surface area contributed by atoms with Crippen molar-refractivity contribution in [2.45, 2.75) is 13.8 Å². The highest BCUT2D eigenvalue weighted by atomic mass is 32.1. The number of hydrogen-bond acceptors (Lipinski definition) is 6. The lowest BCUT2D eigenvalue weighted by atomic mass is 10.2. The molecule has 3 heterocycles. The van der Waals surface area contributed by atoms with E-state index in [0.29, 0.717) is 0 Å². The fourth-order valence-electron chi connectivity index (χ4n) is 1.87. The summed E-state index contributed by atoms with van der Waals surface area (Å²) in [6.45, 7) is 3.83. The molecule has 0 unspecified atom stereocenters. The lowest BCUT2D eigenvalue weighted by molar-refractivity contribution is 1.01. The Morgan fingerprint density at radius 1 is 1.10 bits per heavy atom. The van der Waals surface area contributed by atoms with Crippen molar-refractivity contribution >= 4 is 22.3 Å². The van der Waals surface area contributed by atoms with E-state index in [-0.39, 0.29) is 0 Å². The Labute approximate surface area is 120 Å². The predicted octanol–water partition coefficient (Wildman–Crippen LogP) is 3.36. The molecular formula is C14H13N5S. The highest BCUT2D eigenvalue weighted by Gasteiger charge is 2.06. The van der Waals surface area contributed by atoms with Crippen molar-refractivity contribution in [1.29, 1.82) is 0 Å². The van der Waals surface area contributed by atoms with Crippen LogP contribution in [0.1, 0.15) is 11.5 Å². The minimum absolute atomic E-state index is 0.749. The summed E-state index contributed by atoms with van der Waals surface area (Å²) in [5.74, 6) is 1.52. The maximum atomic E-state index is 4.37. The van der Waals surface area contributed by atoms with E-state index in [4.69, 9.17) is 0 Å². The highest BCUT2D eigenvalue weighted by molar-refractivity contribution is 7.18. The number of aryl methyl sites for hydroxylation is 2. The van der Waals surface area contributed by atoms with Crippen LogP contribution in [0.2, 0.25) is 0 Å². The lowest BCUT2D eigenvalue weighted by Gasteiger charge is -2.03. The number of anilines is 2. The van der Waals surface area contributed by atoms with E-state index in [0.717, 1.165) is 32.9 Å². The highest BCUT2D eigenvalue weighted by Crippen LogP contribution is 2.29. The van der Waals surface area contributed by atoms with Gasteiger partial charge in [-0.1, -0.05) is 11.3 Å². The molecule has 3 aromatic heterocycles. The van der Waals surface area contributed by atoms with E-state index >= 15 is 0 Å². The van der Waals surface area contributed by atoms with Crippen molar-refractivity contribution in [3.05, 3.63) is 48.3 Å². The molecule has 3 aromatic rings. The molecule has 1 N–H and O–H groups in total. The Balaban J connectivity index is 1.84. The molecule has 0 spiro atoms. The van der Waals surface area contributed by atoms with Crippen molar-refractivity contribution in [2.75, 3.05) is 5.32 Å². The minimum atomic E-state index is 0.749. The van der Waals surface area contributed by atoms with Crippen LogP contribution < -0.4 is 5.32 Å². The van der Waals surface area contributed by atoms with Crippen LogP contribution in [0.25, 0.3) is 10.4 Å². The van der Waals surface area contributed by atoms with Crippen molar-refractivity contribution in [1.82, 2.24) is 19.9 Å². The predicted molar refractivity (Wildman–Crippen MR) is 80.1 cm³/mol. The maximum Gasteiger partial charge on any atom is 0.188 e. The average Bonchev–Trinajstić information content (AvgIpc) is 2.87. The first-order valence-corrected chi connectivity index (χ1v) is 6.98. The summed E-state index contributed by atoms with van der Waals surface area (Å²) in [5.41, 5.74) is 2.05. The van der Waals surface area contributed by atoms with Gasteiger partial charge < -0.3 is 5.32 Å². The van der Waals surface area contributed by atoms with Crippen molar-refractivity contribution in [3.63, 3.8) is 0 Å². The van der Waals surface area contributed by atoms with Crippen LogP contribution >= 0.6 is 11.3 Å². The van der Waals surface area contributed by atoms with Crippen LogP contribution in [0.5, 0.6) is 0 Å². The number of nitrogens with zero attached hydrogens (tertiary/aromatic N) is 4. The first-order chi connectivity index (χ1) is 9.70. The van der Waals surface area contributed by atoms with Gasteiger partial charge in [0, 0.05) is 30.4 Å². The molecule has 6 heteroatoms. The van der Waals surface area contributed by atoms with E-state index in [2.05, 4.69) is 25.3 Å². The number of hydrogen-bond donors (Lipinski definition) is 1. The molecule has 0 saturated heterocycles. The lowest BCUT2D eigenvalue weighted by Crippen LogP contribution is -1.98. The first kappa shape index (κ1) is 12.7. The van der Waals surface area contributed by atoms with E-state index in [1.807, 2.05) is 38.2 Å². The zero-order chi connectivity index (χ0) is 13.9. The smallest absolute Gasteiger partial charge is 0.188 e. The average molecular weight is 283 g/mol. The molecule has 3 rings (SSSR count). The molecule has 0 radical (unpaired) electrons. The second kappa shape index (κ2) is 5.34. The molecule has 0 saturated carbocycles. The topological polar surface area (TPSA) is 63.6 Å². The zero-order valence-corrected chi connectivity index (χ0v) is 12.0. The second-order valence-electron chi connectivity index (χ2n) is 4.33. The van der Waals surface area contributed by atoms with E-state index in [1.54, 1.807) is 23.7 Å². The van der Waals surface area contributed by atoms with Gasteiger partial charge in [-0.15, -0.1) is 0 Å². The Hall–Kier alpha value is -2.34. The molecule has 5 nitrogen and oxygen atoms in total. The summed E-state index contributed by atoms with van der Waals surface area (Å²) in [6.07, 6.45) is 5.40. The van der Waals surface area contributed by atoms with Gasteiger partial charge in [0.1, 0.15) is 11.6 Å². The molecule has 100 valence electrons. The first-order valence-electron chi connectivity index (χ1n) is 6.16. The summed E-state index contributed by atoms with van der Waals surface area (Å²) in [6, 6.07) is 5.84. The number of nitrogens with one attached hydrogen (secondary N) is 1. The molecule has 0 bridgehead atoms. The molecule has 0 amide bonds. The molecular weight excluding hydrogens is 270 g/mol. The van der Waals surface area contributed by atoms with E-state index in [9.17, 15) is 0 Å². The van der Waals surface area contributed by atoms with Crippen molar-refractivity contribution in [3.8, 4) is 10.4 Å². The van der Waals surface area contributed by atoms with E-state index in [1.165, 1.54) is 0 Å². The summed E-state index contributed by atoms with van der Waals surface area (Å²) >= 11 is 1.58. The standard InChI is InChI=1S/C14H13N5S/c1-9-7-13(18-10(2)17-9)19-14-16-8-12(20-14)11-3-5-15-6-4-11/h3-8H,1-2H3,(H,16,17,18,19). The number of thiazole rings is 1. The SMILES string of the molecule is Cc1cc(Nc2ncc(-c3ccncc3)s2)nc(C)n1. The summed E-state index contributed by atoms with van der Waals surface area (Å²) in [5, 5.41) is 4.03. The van der Waals surface area contributed by atoms with Crippen LogP contribution in [0.3, 0.4) is 0 Å². The Kier molecular flexibility index (Phi) is 3.39. The summed E-state index contributed by atoms with van der Waals surface area (Å²) in [4.78, 5) is 18.1. The van der Waals surface area contributed by atoms with Crippen LogP contribution in [0, 0.1) is 13.8 Å². The molecule has 20 heavy (non-hydrogen) atoms. The second-order valence-corrected chi connectivity index (χ2v) is 5.36. The van der Waals surface area contributed by atoms with Crippen molar-refractivity contribution < 1.29 is 0 Å². The van der Waals surface area contributed by atoms with Gasteiger partial charge in [0.2, 0.25) is 0 Å². The molecule has 0 aromatic carbocycles. The zero-order valence-electron chi connectivity index (χ0n) is 11.2. The largest absolute Gasteiger partial charge is 0.316 e. The number of rotatable bonds is 3. The molecule has 0 fully saturated rings. The van der Waals surface area contributed by atoms with Crippen LogP contribution in [-0.4, -0.2) is 19.9 Å². The van der Waals surface area contributed by atoms with Crippen molar-refractivity contribution in [2.24, 2.45) is 0 Å². The van der Waals surface area contributed by atoms with Gasteiger partial charge in [0.15, 0.2) is 5.13 Å². The van der Waals surface area contributed by atoms with Gasteiger partial charge in [-0.2, -0.15) is 0 Å². The van der Waals surface area contributed by atoms with Gasteiger partial charge in [-0.3, -0.25) is 4.98 Å². The van der Waals surface area contributed by atoms with Gasteiger partial charge in [-0.05, 0) is 31.5 Å². The third kappa shape index (κ3) is 2.80. The fraction of sp³-hybridized carbons (Fsp3) is 0.143. The molecule has 0 aliphatic carbocycles. The third-order valence-corrected chi connectivity index (χ3v) is 3.63. The van der Waals surface area contributed by atoms with Gasteiger partial charge >= 0.3 is 0 Å². The third-order valence-electron chi connectivity index (χ3n) is 2.67. The quantitative estimate of drug-likeness (QED) is 0.798. The normalized spacial score (nSPS) is 10.5. The maximum absolute atomic E-state index is 4.37. The molecule has 0 aliphatic heterocycles. The monoisotopic (exact) mass is 283 g/mol. The van der Waals surface area contributed by atoms with Gasteiger partial charge in [-0.25, -0.2) is 15.0 Å². The Morgan fingerprint density at radius 3 is 2.65 bits per heavy atom. The summed E-state index contributed by atoms with van der Waals surface area (Å²) in [7, 11) is 0. The Morgan fingerprint density at radius 2 is 1.90 bits per heavy atom. The molecule has 0 atom stereocenters. The van der Waals surface area contributed by atoms with Gasteiger partial charge in [0.05, 0.1) is 4.88 Å². The number of pyridine rings is 1. The Bertz CT molecular complexity index is 703. The van der Waals surface area contributed by atoms with Crippen LogP contribution in [0.4, 0.5) is 10.9 Å². The number of aromatic nitrogens is 4. The molecule has 0 aliphatic rings. The minimum Gasteiger partial charge on any atom is -0.316 e. The van der Waals surface area contributed by atoms with Gasteiger partial charge in [0.25, 0.3) is 0 Å². The van der Waals surface area contributed by atoms with E-state index < -0.39 is 0 Å². The van der Waals surface area contributed by atoms with Crippen LogP contribution in [0.15, 0.2) is 36.8 Å². The summed E-state index contributed by atoms with van der Waals surface area (Å²) < 4.78 is 0. The fourth-order valence-corrected chi connectivity index (χ4v) is 2.70. The van der Waals surface area contributed by atoms with Crippen LogP contribution in [-0.2, 0) is 0 Å².